The summed E-state index contributed by atoms with van der Waals surface area (Å²) in [6.07, 6.45) is 1.11. The molecule has 4 heteroatoms. The zero-order valence-corrected chi connectivity index (χ0v) is 9.75. The van der Waals surface area contributed by atoms with E-state index in [2.05, 4.69) is 27.8 Å². The highest BCUT2D eigenvalue weighted by Crippen LogP contribution is 2.12. The number of rotatable bonds is 2. The monoisotopic (exact) mass is 285 g/mol. The highest BCUT2D eigenvalue weighted by Gasteiger charge is 1.97. The molecule has 0 aromatic carbocycles. The molecule has 0 aliphatic rings. The molecule has 0 spiro atoms. The molecular formula is C6H9Br2NS. The lowest BCUT2D eigenvalue weighted by atomic mass is 10.3. The number of aromatic nitrogens is 1. The van der Waals surface area contributed by atoms with Crippen molar-refractivity contribution in [3.05, 3.63) is 16.1 Å². The van der Waals surface area contributed by atoms with Crippen LogP contribution in [-0.2, 0) is 6.42 Å². The topological polar surface area (TPSA) is 12.9 Å². The summed E-state index contributed by atoms with van der Waals surface area (Å²) < 4.78 is 0. The Labute approximate surface area is 83.8 Å². The van der Waals surface area contributed by atoms with E-state index >= 15 is 0 Å². The zero-order valence-electron chi connectivity index (χ0n) is 5.63. The molecule has 10 heavy (non-hydrogen) atoms. The summed E-state index contributed by atoms with van der Waals surface area (Å²) in [7, 11) is 0. The van der Waals surface area contributed by atoms with Gasteiger partial charge in [0.05, 0.1) is 11.2 Å². The van der Waals surface area contributed by atoms with Crippen LogP contribution >= 0.6 is 44.2 Å². The third-order valence-corrected chi connectivity index (χ3v) is 2.56. The van der Waals surface area contributed by atoms with Crippen LogP contribution in [0.1, 0.15) is 10.6 Å². The van der Waals surface area contributed by atoms with E-state index in [0.29, 0.717) is 0 Å². The lowest BCUT2D eigenvalue weighted by molar-refractivity contribution is 1.13. The van der Waals surface area contributed by atoms with Crippen LogP contribution in [0.2, 0.25) is 0 Å². The van der Waals surface area contributed by atoms with Crippen LogP contribution in [0.25, 0.3) is 0 Å². The van der Waals surface area contributed by atoms with Crippen molar-refractivity contribution in [1.29, 1.82) is 0 Å². The van der Waals surface area contributed by atoms with Gasteiger partial charge in [-0.25, -0.2) is 4.98 Å². The Morgan fingerprint density at radius 1 is 1.70 bits per heavy atom. The first-order chi connectivity index (χ1) is 4.34. The molecule has 0 unspecified atom stereocenters. The smallest absolute Gasteiger partial charge is 0.0797 e. The number of aryl methyl sites for hydroxylation is 2. The van der Waals surface area contributed by atoms with Crippen LogP contribution in [0.15, 0.2) is 5.51 Å². The normalized spacial score (nSPS) is 9.00. The van der Waals surface area contributed by atoms with Gasteiger partial charge in [0, 0.05) is 10.2 Å². The molecule has 1 rings (SSSR count). The van der Waals surface area contributed by atoms with Crippen molar-refractivity contribution >= 4 is 44.2 Å². The van der Waals surface area contributed by atoms with Gasteiger partial charge in [0.15, 0.2) is 0 Å². The Hall–Kier alpha value is 0.590. The van der Waals surface area contributed by atoms with Crippen LogP contribution in [0, 0.1) is 6.92 Å². The maximum atomic E-state index is 4.13. The lowest BCUT2D eigenvalue weighted by Crippen LogP contribution is -1.83. The fourth-order valence-corrected chi connectivity index (χ4v) is 2.09. The first-order valence-corrected chi connectivity index (χ1v) is 4.79. The average molecular weight is 287 g/mol. The van der Waals surface area contributed by atoms with E-state index in [1.54, 1.807) is 11.3 Å². The minimum Gasteiger partial charge on any atom is -0.250 e. The van der Waals surface area contributed by atoms with E-state index < -0.39 is 0 Å². The number of hydrogen-bond donors (Lipinski definition) is 0. The fourth-order valence-electron chi connectivity index (χ4n) is 0.652. The second kappa shape index (κ2) is 5.27. The first kappa shape index (κ1) is 10.6. The zero-order chi connectivity index (χ0) is 6.69. The van der Waals surface area contributed by atoms with Gasteiger partial charge >= 0.3 is 0 Å². The second-order valence-electron chi connectivity index (χ2n) is 1.80. The summed E-state index contributed by atoms with van der Waals surface area (Å²) in [6, 6.07) is 0. The summed E-state index contributed by atoms with van der Waals surface area (Å²) in [5.41, 5.74) is 3.08. The van der Waals surface area contributed by atoms with E-state index in [-0.39, 0.29) is 17.0 Å². The van der Waals surface area contributed by atoms with Crippen LogP contribution < -0.4 is 0 Å². The fraction of sp³-hybridized carbons (Fsp3) is 0.500. The van der Waals surface area contributed by atoms with Crippen molar-refractivity contribution < 1.29 is 0 Å². The lowest BCUT2D eigenvalue weighted by Gasteiger charge is -1.89. The van der Waals surface area contributed by atoms with Crippen molar-refractivity contribution in [2.75, 3.05) is 5.33 Å². The van der Waals surface area contributed by atoms with Gasteiger partial charge in [-0.15, -0.1) is 28.3 Å². The van der Waals surface area contributed by atoms with Gasteiger partial charge in [0.1, 0.15) is 0 Å². The molecule has 0 amide bonds. The molecule has 58 valence electrons. The number of hydrogen-bond acceptors (Lipinski definition) is 2. The van der Waals surface area contributed by atoms with Gasteiger partial charge in [-0.3, -0.25) is 0 Å². The predicted molar refractivity (Wildman–Crippen MR) is 54.7 cm³/mol. The number of halogens is 2. The number of nitrogens with zero attached hydrogens (tertiary/aromatic N) is 1. The van der Waals surface area contributed by atoms with Crippen LogP contribution in [0.3, 0.4) is 0 Å². The molecule has 1 aromatic rings. The minimum atomic E-state index is 0. The molecule has 0 aliphatic carbocycles. The highest BCUT2D eigenvalue weighted by atomic mass is 79.9. The number of thiazole rings is 1. The van der Waals surface area contributed by atoms with Crippen molar-refractivity contribution in [3.63, 3.8) is 0 Å². The maximum absolute atomic E-state index is 4.13. The third kappa shape index (κ3) is 2.68. The summed E-state index contributed by atoms with van der Waals surface area (Å²) in [5.74, 6) is 0. The molecule has 1 nitrogen and oxygen atoms in total. The van der Waals surface area contributed by atoms with Crippen molar-refractivity contribution in [2.24, 2.45) is 0 Å². The maximum Gasteiger partial charge on any atom is 0.0797 e. The molecular weight excluding hydrogens is 278 g/mol. The summed E-state index contributed by atoms with van der Waals surface area (Å²) in [4.78, 5) is 5.53. The molecule has 1 heterocycles. The molecule has 0 atom stereocenters. The molecule has 1 aromatic heterocycles. The van der Waals surface area contributed by atoms with Gasteiger partial charge in [-0.05, 0) is 13.3 Å². The third-order valence-electron chi connectivity index (χ3n) is 1.17. The van der Waals surface area contributed by atoms with Crippen LogP contribution in [0.5, 0.6) is 0 Å². The largest absolute Gasteiger partial charge is 0.250 e. The van der Waals surface area contributed by atoms with Crippen LogP contribution in [-0.4, -0.2) is 10.3 Å². The Morgan fingerprint density at radius 3 is 2.80 bits per heavy atom. The second-order valence-corrected chi connectivity index (χ2v) is 3.53. The molecule has 0 N–H and O–H groups in total. The van der Waals surface area contributed by atoms with Crippen molar-refractivity contribution in [1.82, 2.24) is 4.98 Å². The van der Waals surface area contributed by atoms with E-state index in [1.807, 2.05) is 5.51 Å². The SMILES string of the molecule is Br.Cc1ncsc1CCBr. The molecule has 0 radical (unpaired) electrons. The average Bonchev–Trinajstić information content (AvgIpc) is 2.18. The Bertz CT molecular complexity index is 188. The van der Waals surface area contributed by atoms with E-state index in [0.717, 1.165) is 11.8 Å². The van der Waals surface area contributed by atoms with E-state index in [9.17, 15) is 0 Å². The van der Waals surface area contributed by atoms with Gasteiger partial charge in [-0.2, -0.15) is 0 Å². The Morgan fingerprint density at radius 2 is 2.40 bits per heavy atom. The molecule has 0 saturated carbocycles. The minimum absolute atomic E-state index is 0. The quantitative estimate of drug-likeness (QED) is 0.762. The van der Waals surface area contributed by atoms with Gasteiger partial charge < -0.3 is 0 Å². The van der Waals surface area contributed by atoms with E-state index in [4.69, 9.17) is 0 Å². The Kier molecular flexibility index (Phi) is 5.58. The van der Waals surface area contributed by atoms with Crippen LogP contribution in [0.4, 0.5) is 0 Å². The van der Waals surface area contributed by atoms with Gasteiger partial charge in [0.25, 0.3) is 0 Å². The van der Waals surface area contributed by atoms with Gasteiger partial charge in [0.2, 0.25) is 0 Å². The molecule has 0 fully saturated rings. The Balaban J connectivity index is 0.000000810. The summed E-state index contributed by atoms with van der Waals surface area (Å²) in [5, 5.41) is 1.04. The predicted octanol–water partition coefficient (Wildman–Crippen LogP) is 2.97. The molecule has 0 bridgehead atoms. The van der Waals surface area contributed by atoms with Crippen molar-refractivity contribution in [2.45, 2.75) is 13.3 Å². The standard InChI is InChI=1S/C6H8BrNS.BrH/c1-5-6(2-3-7)9-4-8-5;/h4H,2-3H2,1H3;1H. The summed E-state index contributed by atoms with van der Waals surface area (Å²) in [6.45, 7) is 2.05. The molecule has 0 saturated heterocycles. The summed E-state index contributed by atoms with van der Waals surface area (Å²) >= 11 is 5.12. The molecule has 0 aliphatic heterocycles. The highest BCUT2D eigenvalue weighted by molar-refractivity contribution is 9.09. The first-order valence-electron chi connectivity index (χ1n) is 2.79. The van der Waals surface area contributed by atoms with Gasteiger partial charge in [-0.1, -0.05) is 15.9 Å². The van der Waals surface area contributed by atoms with E-state index in [1.165, 1.54) is 10.6 Å². The number of alkyl halides is 1. The van der Waals surface area contributed by atoms with Crippen molar-refractivity contribution in [3.8, 4) is 0 Å².